The van der Waals surface area contributed by atoms with E-state index in [9.17, 15) is 0 Å². The van der Waals surface area contributed by atoms with E-state index in [0.717, 1.165) is 50.3 Å². The van der Waals surface area contributed by atoms with Gasteiger partial charge < -0.3 is 30.3 Å². The average Bonchev–Trinajstić information content (AvgIpc) is 2.93. The van der Waals surface area contributed by atoms with E-state index >= 15 is 0 Å². The van der Waals surface area contributed by atoms with Gasteiger partial charge in [0.15, 0.2) is 5.76 Å². The minimum absolute atomic E-state index is 0.0952. The Labute approximate surface area is 235 Å². The largest absolute Gasteiger partial charge is 0.495 e. The Kier molecular flexibility index (Phi) is 12.2. The van der Waals surface area contributed by atoms with E-state index in [1.54, 1.807) is 7.11 Å². The van der Waals surface area contributed by atoms with E-state index in [1.807, 2.05) is 19.9 Å². The van der Waals surface area contributed by atoms with Gasteiger partial charge in [0.25, 0.3) is 0 Å². The maximum Gasteiger partial charge on any atom is 0.156 e. The number of rotatable bonds is 8. The number of allylic oxidation sites excluding steroid dienone is 1. The third-order valence-electron chi connectivity index (χ3n) is 6.99. The molecule has 1 saturated heterocycles. The molecule has 4 rings (SSSR count). The highest BCUT2D eigenvalue weighted by atomic mass is 16.5. The number of nitrogens with zero attached hydrogens (tertiary/aromatic N) is 3. The van der Waals surface area contributed by atoms with Crippen molar-refractivity contribution in [2.24, 2.45) is 5.73 Å². The van der Waals surface area contributed by atoms with E-state index in [0.29, 0.717) is 18.1 Å². The van der Waals surface area contributed by atoms with Gasteiger partial charge in [0, 0.05) is 57.8 Å². The van der Waals surface area contributed by atoms with Crippen molar-refractivity contribution in [3.8, 4) is 0 Å². The summed E-state index contributed by atoms with van der Waals surface area (Å²) in [4.78, 5) is 6.66. The third kappa shape index (κ3) is 8.50. The standard InChI is InChI=1S/C28H43N7O2.C2H6/c1-33-16-11-23(12-17-33)31-27(32-24-10-6-18-37-19-13-30-24)26(36-4)25(29)21-8-5-9-22(20-21)28-34(2)14-7-15-35(28)3;1-2/h5,7-9,11-12,14,16,20,24,27-28,30-32H,6,10,13,15,17-19,29H2,1-4H3;1-2H3/b26-25+;. The molecule has 9 heteroatoms. The maximum absolute atomic E-state index is 6.85. The summed E-state index contributed by atoms with van der Waals surface area (Å²) in [5, 5.41) is 10.9. The van der Waals surface area contributed by atoms with Gasteiger partial charge in [-0.3, -0.25) is 15.5 Å². The predicted molar refractivity (Wildman–Crippen MR) is 160 cm³/mol. The van der Waals surface area contributed by atoms with Crippen molar-refractivity contribution in [1.82, 2.24) is 30.7 Å². The SMILES string of the molecule is CC.CO/C(=C(/N)c1cccc(C2N(C)C=CCN2C)c1)C(NC1=CCN(C)C=C1)NC1CCCOCCN1. The Hall–Kier alpha value is -2.98. The van der Waals surface area contributed by atoms with Gasteiger partial charge in [0.05, 0.1) is 25.6 Å². The molecule has 1 aromatic carbocycles. The summed E-state index contributed by atoms with van der Waals surface area (Å²) in [7, 11) is 7.98. The lowest BCUT2D eigenvalue weighted by Crippen LogP contribution is -2.55. The molecule has 3 unspecified atom stereocenters. The highest BCUT2D eigenvalue weighted by molar-refractivity contribution is 5.66. The van der Waals surface area contributed by atoms with Gasteiger partial charge in [-0.25, -0.2) is 0 Å². The van der Waals surface area contributed by atoms with Gasteiger partial charge in [0.1, 0.15) is 12.3 Å². The molecule has 3 atom stereocenters. The molecule has 0 spiro atoms. The summed E-state index contributed by atoms with van der Waals surface area (Å²) in [5.74, 6) is 0.663. The Balaban J connectivity index is 0.00000205. The average molecular weight is 540 g/mol. The van der Waals surface area contributed by atoms with Gasteiger partial charge in [-0.2, -0.15) is 0 Å². The normalized spacial score (nSPS) is 23.5. The quantitative estimate of drug-likeness (QED) is 0.294. The number of likely N-dealkylation sites (N-methyl/N-ethyl adjacent to an activating group) is 2. The monoisotopic (exact) mass is 539 g/mol. The summed E-state index contributed by atoms with van der Waals surface area (Å²) in [6.07, 6.45) is 12.4. The van der Waals surface area contributed by atoms with E-state index in [4.69, 9.17) is 15.2 Å². The first kappa shape index (κ1) is 30.6. The van der Waals surface area contributed by atoms with Crippen LogP contribution in [0.5, 0.6) is 0 Å². The molecule has 9 nitrogen and oxygen atoms in total. The van der Waals surface area contributed by atoms with Crippen LogP contribution in [0.25, 0.3) is 5.70 Å². The lowest BCUT2D eigenvalue weighted by molar-refractivity contribution is 0.107. The molecule has 0 saturated carbocycles. The van der Waals surface area contributed by atoms with Crippen LogP contribution in [0.3, 0.4) is 0 Å². The number of ether oxygens (including phenoxy) is 2. The molecule has 0 aliphatic carbocycles. The lowest BCUT2D eigenvalue weighted by atomic mass is 10.0. The molecule has 0 aromatic heterocycles. The summed E-state index contributed by atoms with van der Waals surface area (Å²) in [6, 6.07) is 8.44. The molecule has 0 radical (unpaired) electrons. The smallest absolute Gasteiger partial charge is 0.156 e. The summed E-state index contributed by atoms with van der Waals surface area (Å²) >= 11 is 0. The van der Waals surface area contributed by atoms with Crippen LogP contribution in [0.1, 0.15) is 44.0 Å². The third-order valence-corrected chi connectivity index (χ3v) is 6.99. The van der Waals surface area contributed by atoms with E-state index < -0.39 is 0 Å². The number of hydrogen-bond donors (Lipinski definition) is 4. The second-order valence-electron chi connectivity index (χ2n) is 9.89. The van der Waals surface area contributed by atoms with E-state index in [2.05, 4.69) is 101 Å². The highest BCUT2D eigenvalue weighted by Gasteiger charge is 2.26. The number of hydrogen-bond acceptors (Lipinski definition) is 9. The van der Waals surface area contributed by atoms with Crippen molar-refractivity contribution in [2.45, 2.75) is 45.2 Å². The zero-order valence-corrected chi connectivity index (χ0v) is 24.6. The molecule has 1 fully saturated rings. The Morgan fingerprint density at radius 3 is 2.69 bits per heavy atom. The van der Waals surface area contributed by atoms with E-state index in [1.165, 1.54) is 5.56 Å². The fraction of sp³-hybridized carbons (Fsp3) is 0.533. The maximum atomic E-state index is 6.85. The predicted octanol–water partition coefficient (Wildman–Crippen LogP) is 2.95. The number of nitrogens with two attached hydrogens (primary N) is 1. The molecule has 0 bridgehead atoms. The number of benzene rings is 1. The van der Waals surface area contributed by atoms with Gasteiger partial charge in [-0.05, 0) is 49.9 Å². The highest BCUT2D eigenvalue weighted by Crippen LogP contribution is 2.28. The Bertz CT molecular complexity index is 1010. The van der Waals surface area contributed by atoms with Crippen LogP contribution in [0.15, 0.2) is 66.3 Å². The first-order valence-corrected chi connectivity index (χ1v) is 14.1. The Morgan fingerprint density at radius 2 is 1.97 bits per heavy atom. The second kappa shape index (κ2) is 15.6. The fourth-order valence-electron chi connectivity index (χ4n) is 5.03. The van der Waals surface area contributed by atoms with Crippen LogP contribution in [-0.2, 0) is 9.47 Å². The molecule has 3 aliphatic rings. The minimum Gasteiger partial charge on any atom is -0.495 e. The van der Waals surface area contributed by atoms with Gasteiger partial charge >= 0.3 is 0 Å². The van der Waals surface area contributed by atoms with E-state index in [-0.39, 0.29) is 18.5 Å². The first-order chi connectivity index (χ1) is 19.0. The van der Waals surface area contributed by atoms with Crippen LogP contribution in [0.2, 0.25) is 0 Å². The number of methoxy groups -OCH3 is 1. The minimum atomic E-state index is -0.325. The zero-order chi connectivity index (χ0) is 28.2. The molecule has 39 heavy (non-hydrogen) atoms. The van der Waals surface area contributed by atoms with Gasteiger partial charge in [-0.15, -0.1) is 0 Å². The summed E-state index contributed by atoms with van der Waals surface area (Å²) < 4.78 is 11.6. The van der Waals surface area contributed by atoms with Crippen LogP contribution in [-0.4, -0.2) is 88.1 Å². The molecular formula is C30H49N7O2. The van der Waals surface area contributed by atoms with Crippen molar-refractivity contribution in [3.63, 3.8) is 0 Å². The van der Waals surface area contributed by atoms with Crippen LogP contribution < -0.4 is 21.7 Å². The molecule has 1 aromatic rings. The van der Waals surface area contributed by atoms with Crippen LogP contribution >= 0.6 is 0 Å². The van der Waals surface area contributed by atoms with Crippen molar-refractivity contribution < 1.29 is 9.47 Å². The van der Waals surface area contributed by atoms with Gasteiger partial charge in [0.2, 0.25) is 0 Å². The van der Waals surface area contributed by atoms with Gasteiger partial charge in [-0.1, -0.05) is 38.1 Å². The molecule has 3 heterocycles. The van der Waals surface area contributed by atoms with Crippen molar-refractivity contribution in [1.29, 1.82) is 0 Å². The topological polar surface area (TPSA) is 90.3 Å². The van der Waals surface area contributed by atoms with Crippen molar-refractivity contribution in [3.05, 3.63) is 77.5 Å². The van der Waals surface area contributed by atoms with Crippen molar-refractivity contribution >= 4 is 5.70 Å². The Morgan fingerprint density at radius 1 is 1.15 bits per heavy atom. The number of nitrogens with one attached hydrogen (secondary N) is 3. The first-order valence-electron chi connectivity index (χ1n) is 14.1. The van der Waals surface area contributed by atoms with Crippen LogP contribution in [0, 0.1) is 0 Å². The lowest BCUT2D eigenvalue weighted by Gasteiger charge is -2.38. The zero-order valence-electron chi connectivity index (χ0n) is 24.6. The second-order valence-corrected chi connectivity index (χ2v) is 9.89. The summed E-state index contributed by atoms with van der Waals surface area (Å²) in [5.41, 5.74) is 10.6. The molecule has 3 aliphatic heterocycles. The van der Waals surface area contributed by atoms with Crippen LogP contribution in [0.4, 0.5) is 0 Å². The molecule has 216 valence electrons. The molecular weight excluding hydrogens is 490 g/mol. The summed E-state index contributed by atoms with van der Waals surface area (Å²) in [6.45, 7) is 8.02. The molecule has 0 amide bonds. The van der Waals surface area contributed by atoms with Crippen molar-refractivity contribution in [2.75, 3.05) is 61.1 Å². The molecule has 5 N–H and O–H groups in total. The fourth-order valence-corrected chi connectivity index (χ4v) is 5.03.